The fourth-order valence-corrected chi connectivity index (χ4v) is 2.02. The van der Waals surface area contributed by atoms with Crippen LogP contribution in [0.2, 0.25) is 0 Å². The highest BCUT2D eigenvalue weighted by molar-refractivity contribution is 5.49. The van der Waals surface area contributed by atoms with Crippen LogP contribution in [0.3, 0.4) is 0 Å². The molecule has 0 aromatic heterocycles. The first-order chi connectivity index (χ1) is 8.36. The van der Waals surface area contributed by atoms with Crippen LogP contribution in [-0.4, -0.2) is 37.6 Å². The lowest BCUT2D eigenvalue weighted by Crippen LogP contribution is -2.28. The maximum atomic E-state index is 13.3. The minimum atomic E-state index is -0.152. The van der Waals surface area contributed by atoms with Crippen molar-refractivity contribution in [1.29, 1.82) is 0 Å². The molecule has 1 aromatic rings. The molecule has 0 aliphatic carbocycles. The van der Waals surface area contributed by atoms with E-state index in [4.69, 9.17) is 0 Å². The predicted molar refractivity (Wildman–Crippen MR) is 69.4 cm³/mol. The highest BCUT2D eigenvalue weighted by atomic mass is 19.1. The van der Waals surface area contributed by atoms with Crippen molar-refractivity contribution in [3.8, 4) is 0 Å². The third kappa shape index (κ3) is 3.95. The SMILES string of the molecule is Fc1ccccc1/C=C/CN1CCCNCC1. The summed E-state index contributed by atoms with van der Waals surface area (Å²) in [6.45, 7) is 5.24. The first kappa shape index (κ1) is 12.3. The van der Waals surface area contributed by atoms with E-state index >= 15 is 0 Å². The van der Waals surface area contributed by atoms with E-state index in [1.165, 1.54) is 12.5 Å². The van der Waals surface area contributed by atoms with Gasteiger partial charge in [-0.2, -0.15) is 0 Å². The van der Waals surface area contributed by atoms with Crippen molar-refractivity contribution in [2.45, 2.75) is 6.42 Å². The van der Waals surface area contributed by atoms with Crippen LogP contribution in [0.25, 0.3) is 6.08 Å². The molecule has 2 nitrogen and oxygen atoms in total. The maximum Gasteiger partial charge on any atom is 0.130 e. The smallest absolute Gasteiger partial charge is 0.130 e. The molecule has 92 valence electrons. The van der Waals surface area contributed by atoms with Gasteiger partial charge in [-0.25, -0.2) is 4.39 Å². The number of hydrogen-bond donors (Lipinski definition) is 1. The molecule has 1 heterocycles. The summed E-state index contributed by atoms with van der Waals surface area (Å²) in [4.78, 5) is 2.39. The third-order valence-corrected chi connectivity index (χ3v) is 3.00. The van der Waals surface area contributed by atoms with Crippen LogP contribution in [0.4, 0.5) is 4.39 Å². The molecule has 1 saturated heterocycles. The van der Waals surface area contributed by atoms with Crippen LogP contribution < -0.4 is 5.32 Å². The Labute approximate surface area is 102 Å². The molecule has 0 bridgehead atoms. The second kappa shape index (κ2) is 6.52. The molecule has 0 atom stereocenters. The van der Waals surface area contributed by atoms with E-state index in [1.807, 2.05) is 18.2 Å². The third-order valence-electron chi connectivity index (χ3n) is 3.00. The molecule has 0 spiro atoms. The second-order valence-corrected chi connectivity index (χ2v) is 4.33. The first-order valence-electron chi connectivity index (χ1n) is 6.20. The summed E-state index contributed by atoms with van der Waals surface area (Å²) in [5, 5.41) is 3.37. The van der Waals surface area contributed by atoms with E-state index in [0.29, 0.717) is 5.56 Å². The van der Waals surface area contributed by atoms with E-state index in [0.717, 1.165) is 32.7 Å². The van der Waals surface area contributed by atoms with E-state index in [9.17, 15) is 4.39 Å². The van der Waals surface area contributed by atoms with Crippen LogP contribution >= 0.6 is 0 Å². The summed E-state index contributed by atoms with van der Waals surface area (Å²) in [6, 6.07) is 6.87. The summed E-state index contributed by atoms with van der Waals surface area (Å²) in [7, 11) is 0. The second-order valence-electron chi connectivity index (χ2n) is 4.33. The van der Waals surface area contributed by atoms with Gasteiger partial charge in [-0.15, -0.1) is 0 Å². The van der Waals surface area contributed by atoms with E-state index < -0.39 is 0 Å². The van der Waals surface area contributed by atoms with Crippen molar-refractivity contribution in [3.05, 3.63) is 41.7 Å². The van der Waals surface area contributed by atoms with Crippen molar-refractivity contribution in [2.24, 2.45) is 0 Å². The molecule has 2 rings (SSSR count). The lowest BCUT2D eigenvalue weighted by atomic mass is 10.2. The lowest BCUT2D eigenvalue weighted by molar-refractivity contribution is 0.324. The van der Waals surface area contributed by atoms with E-state index in [2.05, 4.69) is 10.2 Å². The number of hydrogen-bond acceptors (Lipinski definition) is 2. The van der Waals surface area contributed by atoms with Crippen molar-refractivity contribution < 1.29 is 4.39 Å². The average Bonchev–Trinajstić information content (AvgIpc) is 2.60. The quantitative estimate of drug-likeness (QED) is 0.862. The summed E-state index contributed by atoms with van der Waals surface area (Å²) in [5.74, 6) is -0.152. The summed E-state index contributed by atoms with van der Waals surface area (Å²) in [6.07, 6.45) is 5.10. The largest absolute Gasteiger partial charge is 0.315 e. The minimum Gasteiger partial charge on any atom is -0.315 e. The zero-order chi connectivity index (χ0) is 11.9. The van der Waals surface area contributed by atoms with Gasteiger partial charge in [0.05, 0.1) is 0 Å². The number of benzene rings is 1. The number of halogens is 1. The molecule has 0 amide bonds. The standard InChI is InChI=1S/C14H19FN2/c15-14-7-2-1-5-13(14)6-3-10-17-11-4-8-16-9-12-17/h1-3,5-7,16H,4,8-12H2/b6-3+. The Kier molecular flexibility index (Phi) is 4.71. The topological polar surface area (TPSA) is 15.3 Å². The zero-order valence-corrected chi connectivity index (χ0v) is 10.0. The fourth-order valence-electron chi connectivity index (χ4n) is 2.02. The molecule has 0 unspecified atom stereocenters. The van der Waals surface area contributed by atoms with Crippen molar-refractivity contribution in [1.82, 2.24) is 10.2 Å². The Morgan fingerprint density at radius 1 is 1.24 bits per heavy atom. The molecule has 1 aliphatic rings. The Balaban J connectivity index is 1.86. The van der Waals surface area contributed by atoms with Gasteiger partial charge in [-0.3, -0.25) is 4.90 Å². The summed E-state index contributed by atoms with van der Waals surface area (Å²) in [5.41, 5.74) is 0.667. The molecule has 0 saturated carbocycles. The van der Waals surface area contributed by atoms with Crippen LogP contribution in [0.1, 0.15) is 12.0 Å². The molecule has 17 heavy (non-hydrogen) atoms. The van der Waals surface area contributed by atoms with Gasteiger partial charge in [0, 0.05) is 25.2 Å². The van der Waals surface area contributed by atoms with Crippen LogP contribution in [0.5, 0.6) is 0 Å². The Morgan fingerprint density at radius 2 is 2.12 bits per heavy atom. The molecular weight excluding hydrogens is 215 g/mol. The molecular formula is C14H19FN2. The van der Waals surface area contributed by atoms with Crippen molar-refractivity contribution in [2.75, 3.05) is 32.7 Å². The molecule has 1 fully saturated rings. The van der Waals surface area contributed by atoms with Gasteiger partial charge in [0.15, 0.2) is 0 Å². The first-order valence-corrected chi connectivity index (χ1v) is 6.20. The van der Waals surface area contributed by atoms with Crippen LogP contribution in [-0.2, 0) is 0 Å². The lowest BCUT2D eigenvalue weighted by Gasteiger charge is -2.16. The highest BCUT2D eigenvalue weighted by Crippen LogP contribution is 2.08. The Bertz CT molecular complexity index is 368. The van der Waals surface area contributed by atoms with Crippen molar-refractivity contribution in [3.63, 3.8) is 0 Å². The fraction of sp³-hybridized carbons (Fsp3) is 0.429. The molecule has 1 N–H and O–H groups in total. The van der Waals surface area contributed by atoms with Crippen LogP contribution in [0.15, 0.2) is 30.3 Å². The maximum absolute atomic E-state index is 13.3. The summed E-state index contributed by atoms with van der Waals surface area (Å²) >= 11 is 0. The van der Waals surface area contributed by atoms with E-state index in [1.54, 1.807) is 12.1 Å². The molecule has 1 aliphatic heterocycles. The highest BCUT2D eigenvalue weighted by Gasteiger charge is 2.05. The number of rotatable bonds is 3. The van der Waals surface area contributed by atoms with Gasteiger partial charge in [-0.1, -0.05) is 30.4 Å². The predicted octanol–water partition coefficient (Wildman–Crippen LogP) is 2.13. The van der Waals surface area contributed by atoms with Crippen LogP contribution in [0, 0.1) is 5.82 Å². The van der Waals surface area contributed by atoms with Gasteiger partial charge >= 0.3 is 0 Å². The normalized spacial score (nSPS) is 18.4. The molecule has 0 radical (unpaired) electrons. The van der Waals surface area contributed by atoms with Crippen molar-refractivity contribution >= 4 is 6.08 Å². The minimum absolute atomic E-state index is 0.152. The average molecular weight is 234 g/mol. The monoisotopic (exact) mass is 234 g/mol. The van der Waals surface area contributed by atoms with Gasteiger partial charge in [0.2, 0.25) is 0 Å². The number of nitrogens with zero attached hydrogens (tertiary/aromatic N) is 1. The number of nitrogens with one attached hydrogen (secondary N) is 1. The Morgan fingerprint density at radius 3 is 3.00 bits per heavy atom. The van der Waals surface area contributed by atoms with Gasteiger partial charge in [0.1, 0.15) is 5.82 Å². The van der Waals surface area contributed by atoms with Gasteiger partial charge in [-0.05, 0) is 25.6 Å². The van der Waals surface area contributed by atoms with Gasteiger partial charge < -0.3 is 5.32 Å². The van der Waals surface area contributed by atoms with E-state index in [-0.39, 0.29) is 5.82 Å². The molecule has 3 heteroatoms. The van der Waals surface area contributed by atoms with Gasteiger partial charge in [0.25, 0.3) is 0 Å². The zero-order valence-electron chi connectivity index (χ0n) is 10.0. The molecule has 1 aromatic carbocycles. The summed E-state index contributed by atoms with van der Waals surface area (Å²) < 4.78 is 13.3. The Hall–Kier alpha value is -1.19.